The highest BCUT2D eigenvalue weighted by Gasteiger charge is 2.16. The van der Waals surface area contributed by atoms with E-state index < -0.39 is 9.84 Å². The summed E-state index contributed by atoms with van der Waals surface area (Å²) in [4.78, 5) is 12.2. The maximum Gasteiger partial charge on any atom is 0.251 e. The highest BCUT2D eigenvalue weighted by molar-refractivity contribution is 7.90. The molecule has 0 aromatic heterocycles. The van der Waals surface area contributed by atoms with Crippen molar-refractivity contribution in [2.24, 2.45) is 5.92 Å². The molecule has 0 saturated heterocycles. The summed E-state index contributed by atoms with van der Waals surface area (Å²) in [5.41, 5.74) is 0.306. The van der Waals surface area contributed by atoms with Crippen molar-refractivity contribution in [1.29, 1.82) is 0 Å². The summed E-state index contributed by atoms with van der Waals surface area (Å²) in [5.74, 6) is 0.370. The molecule has 0 bridgehead atoms. The van der Waals surface area contributed by atoms with Crippen LogP contribution in [0.4, 0.5) is 0 Å². The van der Waals surface area contributed by atoms with Crippen LogP contribution >= 0.6 is 11.6 Å². The van der Waals surface area contributed by atoms with Gasteiger partial charge in [0, 0.05) is 17.9 Å². The normalized spacial score (nSPS) is 13.2. The molecule has 1 aromatic carbocycles. The van der Waals surface area contributed by atoms with Gasteiger partial charge in [0.15, 0.2) is 9.84 Å². The van der Waals surface area contributed by atoms with Gasteiger partial charge in [0.05, 0.1) is 9.92 Å². The number of rotatable bonds is 7. The molecule has 1 atom stereocenters. The molecular weight excluding hydrogens is 322 g/mol. The number of carbonyl (C=O) groups is 1. The van der Waals surface area contributed by atoms with Gasteiger partial charge in [0.25, 0.3) is 5.91 Å². The zero-order chi connectivity index (χ0) is 16.9. The van der Waals surface area contributed by atoms with Crippen molar-refractivity contribution in [2.75, 3.05) is 6.26 Å². The lowest BCUT2D eigenvalue weighted by molar-refractivity contribution is 0.0937. The van der Waals surface area contributed by atoms with E-state index in [0.29, 0.717) is 11.5 Å². The second-order valence-electron chi connectivity index (χ2n) is 6.12. The Morgan fingerprint density at radius 2 is 1.86 bits per heavy atom. The maximum absolute atomic E-state index is 12.2. The minimum Gasteiger partial charge on any atom is -0.350 e. The lowest BCUT2D eigenvalue weighted by atomic mass is 10.0. The van der Waals surface area contributed by atoms with Crippen LogP contribution in [-0.4, -0.2) is 26.6 Å². The van der Waals surface area contributed by atoms with Gasteiger partial charge in [-0.15, -0.1) is 0 Å². The van der Waals surface area contributed by atoms with E-state index in [4.69, 9.17) is 11.6 Å². The lowest BCUT2D eigenvalue weighted by Gasteiger charge is -2.15. The van der Waals surface area contributed by atoms with Crippen molar-refractivity contribution in [3.63, 3.8) is 0 Å². The fourth-order valence-corrected chi connectivity index (χ4v) is 3.44. The molecule has 124 valence electrons. The van der Waals surface area contributed by atoms with Crippen molar-refractivity contribution < 1.29 is 13.2 Å². The topological polar surface area (TPSA) is 63.2 Å². The lowest BCUT2D eigenvalue weighted by Crippen LogP contribution is -2.32. The van der Waals surface area contributed by atoms with E-state index in [-0.39, 0.29) is 21.9 Å². The van der Waals surface area contributed by atoms with Crippen LogP contribution in [0.3, 0.4) is 0 Å². The van der Waals surface area contributed by atoms with Gasteiger partial charge in [0.1, 0.15) is 0 Å². The second-order valence-corrected chi connectivity index (χ2v) is 8.51. The number of amides is 1. The first-order valence-electron chi connectivity index (χ1n) is 7.41. The molecule has 1 aromatic rings. The molecule has 0 aliphatic carbocycles. The molecule has 6 heteroatoms. The van der Waals surface area contributed by atoms with E-state index in [9.17, 15) is 13.2 Å². The average molecular weight is 346 g/mol. The monoisotopic (exact) mass is 345 g/mol. The highest BCUT2D eigenvalue weighted by Crippen LogP contribution is 2.22. The standard InChI is InChI=1S/C16H24ClNO3S/c1-11(2)6-5-7-12(3)18-16(19)13-8-9-14(17)15(10-13)22(4,20)21/h8-12H,5-7H2,1-4H3,(H,18,19). The van der Waals surface area contributed by atoms with Crippen LogP contribution in [0.5, 0.6) is 0 Å². The summed E-state index contributed by atoms with van der Waals surface area (Å²) in [7, 11) is -3.45. The van der Waals surface area contributed by atoms with Crippen LogP contribution in [0.1, 0.15) is 50.4 Å². The highest BCUT2D eigenvalue weighted by atomic mass is 35.5. The number of sulfone groups is 1. The molecule has 0 saturated carbocycles. The third-order valence-corrected chi connectivity index (χ3v) is 4.97. The van der Waals surface area contributed by atoms with Crippen LogP contribution in [0.2, 0.25) is 5.02 Å². The summed E-state index contributed by atoms with van der Waals surface area (Å²) >= 11 is 5.88. The first-order valence-corrected chi connectivity index (χ1v) is 9.68. The third-order valence-electron chi connectivity index (χ3n) is 3.39. The Bertz CT molecular complexity index is 626. The molecule has 0 aliphatic rings. The van der Waals surface area contributed by atoms with Gasteiger partial charge in [-0.25, -0.2) is 8.42 Å². The Labute approximate surface area is 138 Å². The van der Waals surface area contributed by atoms with Gasteiger partial charge in [0.2, 0.25) is 0 Å². The van der Waals surface area contributed by atoms with Crippen LogP contribution in [0, 0.1) is 5.92 Å². The van der Waals surface area contributed by atoms with Crippen LogP contribution in [0.25, 0.3) is 0 Å². The Kier molecular flexibility index (Phi) is 6.88. The fourth-order valence-electron chi connectivity index (χ4n) is 2.14. The molecular formula is C16H24ClNO3S. The first-order chi connectivity index (χ1) is 10.1. The van der Waals surface area contributed by atoms with E-state index in [1.54, 1.807) is 0 Å². The number of hydrogen-bond donors (Lipinski definition) is 1. The molecule has 0 heterocycles. The third kappa shape index (κ3) is 5.97. The van der Waals surface area contributed by atoms with E-state index >= 15 is 0 Å². The number of hydrogen-bond acceptors (Lipinski definition) is 3. The van der Waals surface area contributed by atoms with Gasteiger partial charge in [-0.1, -0.05) is 38.3 Å². The summed E-state index contributed by atoms with van der Waals surface area (Å²) in [6.45, 7) is 6.29. The number of benzene rings is 1. The van der Waals surface area contributed by atoms with Crippen molar-refractivity contribution in [3.05, 3.63) is 28.8 Å². The SMILES string of the molecule is CC(C)CCCC(C)NC(=O)c1ccc(Cl)c(S(C)(=O)=O)c1. The minimum absolute atomic E-state index is 0.0192. The van der Waals surface area contributed by atoms with Crippen LogP contribution in [0.15, 0.2) is 23.1 Å². The predicted octanol–water partition coefficient (Wildman–Crippen LogP) is 3.69. The number of carbonyl (C=O) groups excluding carboxylic acids is 1. The molecule has 0 spiro atoms. The summed E-state index contributed by atoms with van der Waals surface area (Å²) in [5, 5.41) is 3.02. The first kappa shape index (κ1) is 19.0. The molecule has 0 radical (unpaired) electrons. The average Bonchev–Trinajstić information content (AvgIpc) is 2.37. The smallest absolute Gasteiger partial charge is 0.251 e. The number of halogens is 1. The Morgan fingerprint density at radius 3 is 2.41 bits per heavy atom. The number of nitrogens with one attached hydrogen (secondary N) is 1. The van der Waals surface area contributed by atoms with Crippen molar-refractivity contribution in [1.82, 2.24) is 5.32 Å². The Morgan fingerprint density at radius 1 is 1.23 bits per heavy atom. The van der Waals surface area contributed by atoms with E-state index in [2.05, 4.69) is 19.2 Å². The maximum atomic E-state index is 12.2. The second kappa shape index (κ2) is 7.97. The van der Waals surface area contributed by atoms with Crippen molar-refractivity contribution in [2.45, 2.75) is 51.0 Å². The Hall–Kier alpha value is -1.07. The zero-order valence-corrected chi connectivity index (χ0v) is 15.1. The molecule has 1 N–H and O–H groups in total. The summed E-state index contributed by atoms with van der Waals surface area (Å²) in [6, 6.07) is 4.35. The fraction of sp³-hybridized carbons (Fsp3) is 0.562. The minimum atomic E-state index is -3.45. The zero-order valence-electron chi connectivity index (χ0n) is 13.5. The Balaban J connectivity index is 2.74. The van der Waals surface area contributed by atoms with E-state index in [1.807, 2.05) is 6.92 Å². The predicted molar refractivity (Wildman–Crippen MR) is 90.2 cm³/mol. The molecule has 0 aliphatic heterocycles. The molecule has 0 fully saturated rings. The van der Waals surface area contributed by atoms with Gasteiger partial charge >= 0.3 is 0 Å². The quantitative estimate of drug-likeness (QED) is 0.819. The molecule has 4 nitrogen and oxygen atoms in total. The molecule has 1 rings (SSSR count). The van der Waals surface area contributed by atoms with Gasteiger partial charge < -0.3 is 5.32 Å². The molecule has 1 amide bonds. The van der Waals surface area contributed by atoms with Gasteiger partial charge in [-0.05, 0) is 37.5 Å². The van der Waals surface area contributed by atoms with Gasteiger partial charge in [-0.2, -0.15) is 0 Å². The van der Waals surface area contributed by atoms with Crippen LogP contribution in [-0.2, 0) is 9.84 Å². The molecule has 22 heavy (non-hydrogen) atoms. The summed E-state index contributed by atoms with van der Waals surface area (Å²) < 4.78 is 23.3. The summed E-state index contributed by atoms with van der Waals surface area (Å²) in [6.07, 6.45) is 4.15. The van der Waals surface area contributed by atoms with E-state index in [1.165, 1.54) is 18.2 Å². The van der Waals surface area contributed by atoms with Crippen molar-refractivity contribution >= 4 is 27.3 Å². The largest absolute Gasteiger partial charge is 0.350 e. The molecule has 1 unspecified atom stereocenters. The van der Waals surface area contributed by atoms with Crippen molar-refractivity contribution in [3.8, 4) is 0 Å². The van der Waals surface area contributed by atoms with Crippen LogP contribution < -0.4 is 5.32 Å². The van der Waals surface area contributed by atoms with E-state index in [0.717, 1.165) is 25.5 Å². The van der Waals surface area contributed by atoms with Gasteiger partial charge in [-0.3, -0.25) is 4.79 Å².